The van der Waals surface area contributed by atoms with Gasteiger partial charge in [0.05, 0.1) is 21.8 Å². The first-order valence-corrected chi connectivity index (χ1v) is 7.23. The van der Waals surface area contributed by atoms with Gasteiger partial charge in [0.25, 0.3) is 5.92 Å². The number of hydrogen-bond acceptors (Lipinski definition) is 2. The minimum atomic E-state index is -2.87. The Kier molecular flexibility index (Phi) is 6.44. The number of alkyl halides is 2. The molecule has 1 aliphatic heterocycles. The van der Waals surface area contributed by atoms with Gasteiger partial charge in [0.15, 0.2) is 5.96 Å². The molecule has 23 heavy (non-hydrogen) atoms. The van der Waals surface area contributed by atoms with Crippen molar-refractivity contribution in [1.29, 1.82) is 5.41 Å². The number of aliphatic imine (C=N–C) groups is 1. The molecule has 0 bridgehead atoms. The summed E-state index contributed by atoms with van der Waals surface area (Å²) in [5.41, 5.74) is 11.7. The van der Waals surface area contributed by atoms with E-state index < -0.39 is 18.4 Å². The van der Waals surface area contributed by atoms with Crippen molar-refractivity contribution < 1.29 is 8.78 Å². The second-order valence-electron chi connectivity index (χ2n) is 5.04. The van der Waals surface area contributed by atoms with E-state index in [0.29, 0.717) is 10.7 Å². The molecule has 2 rings (SSSR count). The number of nitrogens with zero attached hydrogens (tertiary/aromatic N) is 2. The Hall–Kier alpha value is -1.31. The highest BCUT2D eigenvalue weighted by Crippen LogP contribution is 2.32. The molecule has 1 aromatic carbocycles. The van der Waals surface area contributed by atoms with E-state index in [1.165, 1.54) is 17.0 Å². The van der Waals surface area contributed by atoms with Crippen LogP contribution in [-0.4, -0.2) is 35.2 Å². The first-order chi connectivity index (χ1) is 10.2. The summed E-state index contributed by atoms with van der Waals surface area (Å²) < 4.78 is 27.2. The fraction of sp³-hybridized carbons (Fsp3) is 0.385. The lowest BCUT2D eigenvalue weighted by atomic mass is 9.98. The van der Waals surface area contributed by atoms with E-state index in [9.17, 15) is 8.78 Å². The summed E-state index contributed by atoms with van der Waals surface area (Å²) in [6.45, 7) is -0.0510. The van der Waals surface area contributed by atoms with Gasteiger partial charge < -0.3 is 16.4 Å². The monoisotopic (exact) mass is 385 g/mol. The molecule has 1 fully saturated rings. The van der Waals surface area contributed by atoms with Crippen LogP contribution < -0.4 is 11.5 Å². The molecule has 1 aromatic rings. The molecule has 0 aliphatic carbocycles. The number of nitrogens with one attached hydrogen (secondary N) is 1. The van der Waals surface area contributed by atoms with Crippen LogP contribution in [-0.2, 0) is 0 Å². The molecule has 1 aliphatic rings. The molecule has 1 saturated heterocycles. The van der Waals surface area contributed by atoms with Gasteiger partial charge in [-0.3, -0.25) is 5.41 Å². The zero-order valence-corrected chi connectivity index (χ0v) is 14.2. The number of amidine groups is 1. The quantitative estimate of drug-likeness (QED) is 0.537. The zero-order valence-electron chi connectivity index (χ0n) is 11.9. The molecule has 0 radical (unpaired) electrons. The van der Waals surface area contributed by atoms with Gasteiger partial charge in [-0.2, -0.15) is 0 Å². The van der Waals surface area contributed by atoms with Crippen LogP contribution in [0.4, 0.5) is 14.5 Å². The third-order valence-corrected chi connectivity index (χ3v) is 4.14. The first kappa shape index (κ1) is 19.7. The molecule has 1 atom stereocenters. The van der Waals surface area contributed by atoms with E-state index in [4.69, 9.17) is 40.1 Å². The molecular weight excluding hydrogens is 371 g/mol. The number of guanidine groups is 1. The number of hydrogen-bond donors (Lipinski definition) is 3. The predicted octanol–water partition coefficient (Wildman–Crippen LogP) is 3.40. The van der Waals surface area contributed by atoms with Crippen LogP contribution >= 0.6 is 35.6 Å². The SMILES string of the molecule is Cl.N=C(N)N1CCC(F)(F)CC1C(N)=Nc1ccc(Cl)c(Cl)c1. The van der Waals surface area contributed by atoms with Crippen LogP contribution in [0.2, 0.25) is 10.0 Å². The summed E-state index contributed by atoms with van der Waals surface area (Å²) in [7, 11) is 0. The van der Waals surface area contributed by atoms with Gasteiger partial charge in [0.2, 0.25) is 0 Å². The lowest BCUT2D eigenvalue weighted by Crippen LogP contribution is -2.56. The minimum absolute atomic E-state index is 0. The molecule has 5 N–H and O–H groups in total. The van der Waals surface area contributed by atoms with Crippen molar-refractivity contribution in [3.8, 4) is 0 Å². The van der Waals surface area contributed by atoms with Gasteiger partial charge in [-0.25, -0.2) is 13.8 Å². The molecular formula is C13H16Cl3F2N5. The third-order valence-electron chi connectivity index (χ3n) is 3.40. The van der Waals surface area contributed by atoms with Gasteiger partial charge in [0, 0.05) is 19.4 Å². The Morgan fingerprint density at radius 2 is 1.96 bits per heavy atom. The molecule has 0 aromatic heterocycles. The number of rotatable bonds is 2. The highest BCUT2D eigenvalue weighted by Gasteiger charge is 2.42. The molecule has 5 nitrogen and oxygen atoms in total. The fourth-order valence-corrected chi connectivity index (χ4v) is 2.56. The normalized spacial score (nSPS) is 20.8. The van der Waals surface area contributed by atoms with Gasteiger partial charge in [-0.05, 0) is 18.2 Å². The van der Waals surface area contributed by atoms with E-state index in [1.54, 1.807) is 6.07 Å². The average Bonchev–Trinajstić information content (AvgIpc) is 2.41. The largest absolute Gasteiger partial charge is 0.385 e. The Balaban J connectivity index is 0.00000264. The number of halogens is 5. The van der Waals surface area contributed by atoms with Crippen LogP contribution in [0.5, 0.6) is 0 Å². The maximum atomic E-state index is 13.6. The van der Waals surface area contributed by atoms with Crippen LogP contribution in [0, 0.1) is 5.41 Å². The zero-order chi connectivity index (χ0) is 16.5. The van der Waals surface area contributed by atoms with E-state index in [-0.39, 0.29) is 42.2 Å². The Bertz CT molecular complexity index is 624. The molecule has 1 unspecified atom stereocenters. The van der Waals surface area contributed by atoms with Gasteiger partial charge in [-0.1, -0.05) is 23.2 Å². The standard InChI is InChI=1S/C13H15Cl2F2N5.ClH/c14-8-2-1-7(5-9(8)15)21-11(18)10-6-13(16,17)3-4-22(10)12(19)20;/h1-2,5,10H,3-4,6H2,(H2,18,21)(H3,19,20);1H. The van der Waals surface area contributed by atoms with Crippen molar-refractivity contribution in [2.24, 2.45) is 16.5 Å². The molecule has 0 saturated carbocycles. The smallest absolute Gasteiger partial charge is 0.252 e. The van der Waals surface area contributed by atoms with Crippen LogP contribution in [0.1, 0.15) is 12.8 Å². The minimum Gasteiger partial charge on any atom is -0.385 e. The maximum absolute atomic E-state index is 13.6. The second kappa shape index (κ2) is 7.51. The molecule has 10 heteroatoms. The molecule has 1 heterocycles. The number of piperidine rings is 1. The van der Waals surface area contributed by atoms with Crippen molar-refractivity contribution >= 4 is 53.1 Å². The van der Waals surface area contributed by atoms with Crippen molar-refractivity contribution in [3.05, 3.63) is 28.2 Å². The van der Waals surface area contributed by atoms with Crippen molar-refractivity contribution in [3.63, 3.8) is 0 Å². The van der Waals surface area contributed by atoms with E-state index in [0.717, 1.165) is 0 Å². The second-order valence-corrected chi connectivity index (χ2v) is 5.85. The third kappa shape index (κ3) is 4.83. The summed E-state index contributed by atoms with van der Waals surface area (Å²) in [4.78, 5) is 5.42. The topological polar surface area (TPSA) is 91.5 Å². The summed E-state index contributed by atoms with van der Waals surface area (Å²) in [5.74, 6) is -3.23. The van der Waals surface area contributed by atoms with E-state index in [1.807, 2.05) is 0 Å². The fourth-order valence-electron chi connectivity index (χ4n) is 2.27. The van der Waals surface area contributed by atoms with E-state index >= 15 is 0 Å². The lowest BCUT2D eigenvalue weighted by Gasteiger charge is -2.39. The molecule has 0 spiro atoms. The van der Waals surface area contributed by atoms with Crippen LogP contribution in [0.15, 0.2) is 23.2 Å². The summed E-state index contributed by atoms with van der Waals surface area (Å²) in [5, 5.41) is 8.13. The number of benzene rings is 1. The summed E-state index contributed by atoms with van der Waals surface area (Å²) in [6.07, 6.45) is -0.910. The van der Waals surface area contributed by atoms with Crippen molar-refractivity contribution in [2.45, 2.75) is 24.8 Å². The highest BCUT2D eigenvalue weighted by atomic mass is 35.5. The van der Waals surface area contributed by atoms with E-state index in [2.05, 4.69) is 4.99 Å². The van der Waals surface area contributed by atoms with Crippen LogP contribution in [0.3, 0.4) is 0 Å². The van der Waals surface area contributed by atoms with Crippen LogP contribution in [0.25, 0.3) is 0 Å². The van der Waals surface area contributed by atoms with Gasteiger partial charge in [0.1, 0.15) is 5.84 Å². The number of likely N-dealkylation sites (tertiary alicyclic amines) is 1. The Labute approximate surface area is 148 Å². The lowest BCUT2D eigenvalue weighted by molar-refractivity contribution is -0.0526. The number of nitrogens with two attached hydrogens (primary N) is 2. The van der Waals surface area contributed by atoms with Gasteiger partial charge in [-0.15, -0.1) is 12.4 Å². The summed E-state index contributed by atoms with van der Waals surface area (Å²) >= 11 is 11.7. The predicted molar refractivity (Wildman–Crippen MR) is 91.6 cm³/mol. The van der Waals surface area contributed by atoms with Crippen molar-refractivity contribution in [1.82, 2.24) is 4.90 Å². The maximum Gasteiger partial charge on any atom is 0.252 e. The van der Waals surface area contributed by atoms with Crippen molar-refractivity contribution in [2.75, 3.05) is 6.54 Å². The Morgan fingerprint density at radius 1 is 1.30 bits per heavy atom. The molecule has 128 valence electrons. The molecule has 0 amide bonds. The highest BCUT2D eigenvalue weighted by molar-refractivity contribution is 6.42. The van der Waals surface area contributed by atoms with Gasteiger partial charge >= 0.3 is 0 Å². The first-order valence-electron chi connectivity index (χ1n) is 6.47. The summed E-state index contributed by atoms with van der Waals surface area (Å²) in [6, 6.07) is 3.65. The Morgan fingerprint density at radius 3 is 2.52 bits per heavy atom. The average molecular weight is 387 g/mol.